The van der Waals surface area contributed by atoms with Gasteiger partial charge in [0.1, 0.15) is 5.69 Å². The zero-order chi connectivity index (χ0) is 25.2. The number of halogens is 3. The first kappa shape index (κ1) is 24.9. The number of nitrogens with one attached hydrogen (secondary N) is 1. The van der Waals surface area contributed by atoms with E-state index in [1.807, 2.05) is 0 Å². The highest BCUT2D eigenvalue weighted by molar-refractivity contribution is 7.91. The smallest absolute Gasteiger partial charge is 0.379 e. The highest BCUT2D eigenvalue weighted by Gasteiger charge is 2.35. The second-order valence-electron chi connectivity index (χ2n) is 8.01. The fourth-order valence-electron chi connectivity index (χ4n) is 3.75. The van der Waals surface area contributed by atoms with Gasteiger partial charge in [-0.2, -0.15) is 18.3 Å². The number of aryl methyl sites for hydroxylation is 1. The maximum atomic E-state index is 13.3. The van der Waals surface area contributed by atoms with Crippen molar-refractivity contribution < 1.29 is 31.1 Å². The molecule has 0 atom stereocenters. The zero-order valence-corrected chi connectivity index (χ0v) is 19.6. The van der Waals surface area contributed by atoms with Gasteiger partial charge in [0.25, 0.3) is 5.91 Å². The van der Waals surface area contributed by atoms with Crippen LogP contribution in [0.5, 0.6) is 0 Å². The normalized spacial score (nSPS) is 15.2. The number of carbonyl (C=O) groups excluding carboxylic acids is 1. The highest BCUT2D eigenvalue weighted by Crippen LogP contribution is 2.29. The van der Waals surface area contributed by atoms with E-state index in [1.165, 1.54) is 31.3 Å². The van der Waals surface area contributed by atoms with Gasteiger partial charge in [-0.3, -0.25) is 14.4 Å². The Morgan fingerprint density at radius 3 is 2.37 bits per heavy atom. The van der Waals surface area contributed by atoms with Crippen LogP contribution in [-0.2, 0) is 34.3 Å². The first-order chi connectivity index (χ1) is 16.6. The number of anilines is 1. The number of aromatic nitrogens is 2. The van der Waals surface area contributed by atoms with Crippen molar-refractivity contribution in [2.24, 2.45) is 7.05 Å². The van der Waals surface area contributed by atoms with E-state index in [1.54, 1.807) is 24.3 Å². The molecule has 3 aromatic rings. The summed E-state index contributed by atoms with van der Waals surface area (Å²) in [5, 5.41) is 5.78. The number of sulfone groups is 1. The van der Waals surface area contributed by atoms with Crippen molar-refractivity contribution in [2.45, 2.75) is 22.5 Å². The quantitative estimate of drug-likeness (QED) is 0.549. The fraction of sp³-hybridized carbons (Fsp3) is 0.304. The molecule has 1 aliphatic heterocycles. The summed E-state index contributed by atoms with van der Waals surface area (Å²) in [6.45, 7) is 3.09. The summed E-state index contributed by atoms with van der Waals surface area (Å²) in [6.07, 6.45) is -4.68. The topological polar surface area (TPSA) is 93.5 Å². The molecule has 12 heteroatoms. The number of amides is 1. The van der Waals surface area contributed by atoms with Crippen molar-refractivity contribution in [2.75, 3.05) is 31.6 Å². The Morgan fingerprint density at radius 2 is 1.74 bits per heavy atom. The summed E-state index contributed by atoms with van der Waals surface area (Å²) < 4.78 is 71.4. The molecule has 1 N–H and O–H groups in total. The standard InChI is InChI=1S/C23H23F3N4O4S/c1-29-19(14-21(28-29)23(24,25)26)22(31)27-17-6-8-18(9-7-17)35(32,33)20-5-3-2-4-16(20)15-30-10-12-34-13-11-30/h2-9,14H,10-13,15H2,1H3,(H,27,31). The summed E-state index contributed by atoms with van der Waals surface area (Å²) in [7, 11) is -2.62. The van der Waals surface area contributed by atoms with Crippen LogP contribution in [0.15, 0.2) is 64.4 Å². The first-order valence-corrected chi connectivity index (χ1v) is 12.2. The molecule has 1 saturated heterocycles. The maximum absolute atomic E-state index is 13.3. The van der Waals surface area contributed by atoms with Gasteiger partial charge >= 0.3 is 6.18 Å². The van der Waals surface area contributed by atoms with Crippen LogP contribution in [0.4, 0.5) is 18.9 Å². The molecule has 1 aromatic heterocycles. The number of carbonyl (C=O) groups is 1. The second-order valence-corrected chi connectivity index (χ2v) is 9.93. The SMILES string of the molecule is Cn1nc(C(F)(F)F)cc1C(=O)Nc1ccc(S(=O)(=O)c2ccccc2CN2CCOCC2)cc1. The lowest BCUT2D eigenvalue weighted by Crippen LogP contribution is -2.36. The van der Waals surface area contributed by atoms with E-state index in [9.17, 15) is 26.4 Å². The van der Waals surface area contributed by atoms with E-state index >= 15 is 0 Å². The van der Waals surface area contributed by atoms with Gasteiger partial charge in [0.2, 0.25) is 9.84 Å². The predicted molar refractivity (Wildman–Crippen MR) is 121 cm³/mol. The third-order valence-corrected chi connectivity index (χ3v) is 7.46. The van der Waals surface area contributed by atoms with Crippen molar-refractivity contribution in [3.05, 3.63) is 71.5 Å². The van der Waals surface area contributed by atoms with Gasteiger partial charge in [-0.15, -0.1) is 0 Å². The molecule has 0 aliphatic carbocycles. The molecule has 2 heterocycles. The molecule has 4 rings (SSSR count). The van der Waals surface area contributed by atoms with Crippen LogP contribution >= 0.6 is 0 Å². The Hall–Kier alpha value is -3.22. The minimum Gasteiger partial charge on any atom is -0.379 e. The summed E-state index contributed by atoms with van der Waals surface area (Å²) in [6, 6.07) is 12.9. The average molecular weight is 509 g/mol. The summed E-state index contributed by atoms with van der Waals surface area (Å²) in [4.78, 5) is 14.8. The lowest BCUT2D eigenvalue weighted by molar-refractivity contribution is -0.141. The Labute approximate surface area is 200 Å². The number of morpholine rings is 1. The summed E-state index contributed by atoms with van der Waals surface area (Å²) in [5.74, 6) is -0.804. The van der Waals surface area contributed by atoms with Gasteiger partial charge in [0.15, 0.2) is 5.69 Å². The van der Waals surface area contributed by atoms with Crippen LogP contribution < -0.4 is 5.32 Å². The number of hydrogen-bond donors (Lipinski definition) is 1. The van der Waals surface area contributed by atoms with Crippen molar-refractivity contribution in [1.29, 1.82) is 0 Å². The van der Waals surface area contributed by atoms with Crippen LogP contribution in [-0.4, -0.2) is 55.3 Å². The molecular weight excluding hydrogens is 485 g/mol. The molecule has 186 valence electrons. The molecule has 35 heavy (non-hydrogen) atoms. The Morgan fingerprint density at radius 1 is 1.09 bits per heavy atom. The van der Waals surface area contributed by atoms with Crippen molar-refractivity contribution >= 4 is 21.4 Å². The number of nitrogens with zero attached hydrogens (tertiary/aromatic N) is 3. The third-order valence-electron chi connectivity index (χ3n) is 5.59. The first-order valence-electron chi connectivity index (χ1n) is 10.7. The minimum atomic E-state index is -4.68. The maximum Gasteiger partial charge on any atom is 0.435 e. The highest BCUT2D eigenvalue weighted by atomic mass is 32.2. The molecule has 1 aliphatic rings. The Balaban J connectivity index is 1.52. The molecule has 2 aromatic carbocycles. The second kappa shape index (κ2) is 9.80. The number of alkyl halides is 3. The molecular formula is C23H23F3N4O4S. The Bertz CT molecular complexity index is 1320. The van der Waals surface area contributed by atoms with Crippen LogP contribution in [0.25, 0.3) is 0 Å². The Kier molecular flexibility index (Phi) is 6.97. The van der Waals surface area contributed by atoms with Crippen LogP contribution in [0.3, 0.4) is 0 Å². The van der Waals surface area contributed by atoms with E-state index in [4.69, 9.17) is 4.74 Å². The fourth-order valence-corrected chi connectivity index (χ4v) is 5.24. The molecule has 0 spiro atoms. The molecule has 1 amide bonds. The third kappa shape index (κ3) is 5.55. The monoisotopic (exact) mass is 508 g/mol. The largest absolute Gasteiger partial charge is 0.435 e. The lowest BCUT2D eigenvalue weighted by Gasteiger charge is -2.27. The van der Waals surface area contributed by atoms with E-state index in [-0.39, 0.29) is 21.2 Å². The number of benzene rings is 2. The molecule has 0 unspecified atom stereocenters. The van der Waals surface area contributed by atoms with Crippen LogP contribution in [0.2, 0.25) is 0 Å². The minimum absolute atomic E-state index is 0.0322. The number of rotatable bonds is 6. The molecule has 8 nitrogen and oxygen atoms in total. The van der Waals surface area contributed by atoms with Crippen molar-refractivity contribution in [1.82, 2.24) is 14.7 Å². The van der Waals surface area contributed by atoms with Gasteiger partial charge in [0.05, 0.1) is 23.0 Å². The molecule has 1 fully saturated rings. The number of hydrogen-bond acceptors (Lipinski definition) is 6. The summed E-state index contributed by atoms with van der Waals surface area (Å²) >= 11 is 0. The lowest BCUT2D eigenvalue weighted by atomic mass is 10.2. The van der Waals surface area contributed by atoms with Gasteiger partial charge < -0.3 is 10.1 Å². The van der Waals surface area contributed by atoms with E-state index in [0.717, 1.165) is 4.68 Å². The van der Waals surface area contributed by atoms with E-state index in [0.29, 0.717) is 44.5 Å². The van der Waals surface area contributed by atoms with E-state index < -0.39 is 27.6 Å². The van der Waals surface area contributed by atoms with E-state index in [2.05, 4.69) is 15.3 Å². The van der Waals surface area contributed by atoms with Gasteiger partial charge in [-0.05, 0) is 35.9 Å². The van der Waals surface area contributed by atoms with Crippen molar-refractivity contribution in [3.63, 3.8) is 0 Å². The molecule has 0 radical (unpaired) electrons. The van der Waals surface area contributed by atoms with Crippen LogP contribution in [0, 0.1) is 0 Å². The van der Waals surface area contributed by atoms with Gasteiger partial charge in [0, 0.05) is 38.4 Å². The molecule has 0 bridgehead atoms. The van der Waals surface area contributed by atoms with Gasteiger partial charge in [-0.25, -0.2) is 8.42 Å². The van der Waals surface area contributed by atoms with Crippen LogP contribution in [0.1, 0.15) is 21.7 Å². The average Bonchev–Trinajstić information content (AvgIpc) is 3.23. The van der Waals surface area contributed by atoms with Crippen molar-refractivity contribution in [3.8, 4) is 0 Å². The predicted octanol–water partition coefficient (Wildman–Crippen LogP) is 3.36. The zero-order valence-electron chi connectivity index (χ0n) is 18.7. The molecule has 0 saturated carbocycles. The summed E-state index contributed by atoms with van der Waals surface area (Å²) in [5.41, 5.74) is -0.567. The van der Waals surface area contributed by atoms with Gasteiger partial charge in [-0.1, -0.05) is 18.2 Å². The number of ether oxygens (including phenoxy) is 1.